The third kappa shape index (κ3) is 4.29. The van der Waals surface area contributed by atoms with Crippen molar-refractivity contribution in [3.8, 4) is 0 Å². The molecule has 1 aromatic heterocycles. The number of esters is 1. The predicted molar refractivity (Wildman–Crippen MR) is 102 cm³/mol. The fourth-order valence-corrected chi connectivity index (χ4v) is 2.93. The number of benzene rings is 1. The van der Waals surface area contributed by atoms with E-state index in [2.05, 4.69) is 32.1 Å². The minimum atomic E-state index is -0.347. The van der Waals surface area contributed by atoms with Gasteiger partial charge < -0.3 is 19.9 Å². The van der Waals surface area contributed by atoms with E-state index in [1.807, 2.05) is 31.2 Å². The molecule has 0 spiro atoms. The second-order valence-corrected chi connectivity index (χ2v) is 6.34. The molecule has 1 N–H and O–H groups in total. The minimum Gasteiger partial charge on any atom is -0.462 e. The first kappa shape index (κ1) is 18.1. The van der Waals surface area contributed by atoms with Gasteiger partial charge in [-0.1, -0.05) is 12.1 Å². The number of hydrogen-bond acceptors (Lipinski definition) is 7. The van der Waals surface area contributed by atoms with Gasteiger partial charge in [0.2, 0.25) is 0 Å². The number of carbonyl (C=O) groups excluding carboxylic acids is 1. The number of likely N-dealkylation sites (N-methyl/N-ethyl adjacent to an activating group) is 1. The summed E-state index contributed by atoms with van der Waals surface area (Å²) in [5.74, 6) is 1.92. The Morgan fingerprint density at radius 3 is 2.65 bits per heavy atom. The number of ether oxygens (including phenoxy) is 1. The average Bonchev–Trinajstić information content (AvgIpc) is 2.62. The van der Waals surface area contributed by atoms with Crippen molar-refractivity contribution < 1.29 is 9.53 Å². The van der Waals surface area contributed by atoms with Crippen molar-refractivity contribution in [2.45, 2.75) is 13.8 Å². The first-order valence-electron chi connectivity index (χ1n) is 8.89. The number of aryl methyl sites for hydroxylation is 1. The maximum atomic E-state index is 12.2. The van der Waals surface area contributed by atoms with Crippen molar-refractivity contribution in [1.29, 1.82) is 0 Å². The van der Waals surface area contributed by atoms with E-state index in [0.717, 1.165) is 32.0 Å². The fraction of sp³-hybridized carbons (Fsp3) is 0.421. The summed E-state index contributed by atoms with van der Waals surface area (Å²) < 4.78 is 5.13. The normalized spacial score (nSPS) is 15.0. The molecule has 1 fully saturated rings. The Hall–Kier alpha value is -2.67. The van der Waals surface area contributed by atoms with E-state index in [1.54, 1.807) is 13.0 Å². The molecule has 7 nitrogen and oxygen atoms in total. The Labute approximate surface area is 154 Å². The van der Waals surface area contributed by atoms with Gasteiger partial charge in [0.15, 0.2) is 0 Å². The Morgan fingerprint density at radius 1 is 1.19 bits per heavy atom. The SMILES string of the molecule is CCOC(=O)c1ccccc1Nc1cc(N2CCN(C)CC2)nc(C)n1. The molecule has 2 aromatic rings. The molecule has 1 aliphatic heterocycles. The number of para-hydroxylation sites is 1. The van der Waals surface area contributed by atoms with Crippen molar-refractivity contribution in [2.24, 2.45) is 0 Å². The quantitative estimate of drug-likeness (QED) is 0.826. The van der Waals surface area contributed by atoms with Crippen LogP contribution in [-0.2, 0) is 4.74 Å². The van der Waals surface area contributed by atoms with Crippen LogP contribution in [0.3, 0.4) is 0 Å². The van der Waals surface area contributed by atoms with Gasteiger partial charge in [-0.05, 0) is 33.0 Å². The van der Waals surface area contributed by atoms with Crippen molar-refractivity contribution in [1.82, 2.24) is 14.9 Å². The van der Waals surface area contributed by atoms with Gasteiger partial charge in [0.25, 0.3) is 0 Å². The van der Waals surface area contributed by atoms with Crippen LogP contribution in [0.4, 0.5) is 17.3 Å². The maximum absolute atomic E-state index is 12.2. The van der Waals surface area contributed by atoms with Gasteiger partial charge in [0, 0.05) is 32.2 Å². The lowest BCUT2D eigenvalue weighted by Crippen LogP contribution is -2.44. The number of hydrogen-bond donors (Lipinski definition) is 1. The summed E-state index contributed by atoms with van der Waals surface area (Å²) >= 11 is 0. The molecule has 0 bridgehead atoms. The lowest BCUT2D eigenvalue weighted by atomic mass is 10.2. The summed E-state index contributed by atoms with van der Waals surface area (Å²) in [7, 11) is 2.13. The molecule has 26 heavy (non-hydrogen) atoms. The summed E-state index contributed by atoms with van der Waals surface area (Å²) in [5, 5.41) is 3.25. The van der Waals surface area contributed by atoms with Gasteiger partial charge in [0.05, 0.1) is 17.9 Å². The van der Waals surface area contributed by atoms with Gasteiger partial charge in [0.1, 0.15) is 17.5 Å². The lowest BCUT2D eigenvalue weighted by molar-refractivity contribution is 0.0527. The molecule has 1 saturated heterocycles. The molecule has 2 heterocycles. The first-order valence-corrected chi connectivity index (χ1v) is 8.89. The number of anilines is 3. The second-order valence-electron chi connectivity index (χ2n) is 6.34. The molecule has 1 aromatic carbocycles. The van der Waals surface area contributed by atoms with E-state index >= 15 is 0 Å². The Bertz CT molecular complexity index is 772. The number of aromatic nitrogens is 2. The van der Waals surface area contributed by atoms with Gasteiger partial charge in [-0.2, -0.15) is 0 Å². The van der Waals surface area contributed by atoms with Gasteiger partial charge >= 0.3 is 5.97 Å². The van der Waals surface area contributed by atoms with Gasteiger partial charge in [-0.15, -0.1) is 0 Å². The third-order valence-electron chi connectivity index (χ3n) is 4.34. The molecule has 0 aliphatic carbocycles. The summed E-state index contributed by atoms with van der Waals surface area (Å²) in [4.78, 5) is 25.8. The van der Waals surface area contributed by atoms with E-state index in [4.69, 9.17) is 4.74 Å². The van der Waals surface area contributed by atoms with Crippen LogP contribution in [0.5, 0.6) is 0 Å². The van der Waals surface area contributed by atoms with E-state index < -0.39 is 0 Å². The van der Waals surface area contributed by atoms with Gasteiger partial charge in [-0.25, -0.2) is 14.8 Å². The van der Waals surface area contributed by atoms with Crippen molar-refractivity contribution >= 4 is 23.3 Å². The van der Waals surface area contributed by atoms with Crippen LogP contribution in [0.1, 0.15) is 23.1 Å². The largest absolute Gasteiger partial charge is 0.462 e. The second kappa shape index (κ2) is 8.14. The summed E-state index contributed by atoms with van der Waals surface area (Å²) in [6, 6.07) is 9.22. The van der Waals surface area contributed by atoms with E-state index in [1.165, 1.54) is 0 Å². The minimum absolute atomic E-state index is 0.341. The summed E-state index contributed by atoms with van der Waals surface area (Å²) in [6.45, 7) is 7.91. The van der Waals surface area contributed by atoms with Gasteiger partial charge in [-0.3, -0.25) is 0 Å². The monoisotopic (exact) mass is 355 g/mol. The Kier molecular flexibility index (Phi) is 5.68. The number of nitrogens with zero attached hydrogens (tertiary/aromatic N) is 4. The highest BCUT2D eigenvalue weighted by atomic mass is 16.5. The Balaban J connectivity index is 1.84. The maximum Gasteiger partial charge on any atom is 0.340 e. The zero-order valence-corrected chi connectivity index (χ0v) is 15.5. The fourth-order valence-electron chi connectivity index (χ4n) is 2.93. The van der Waals surface area contributed by atoms with Crippen LogP contribution < -0.4 is 10.2 Å². The van der Waals surface area contributed by atoms with E-state index in [0.29, 0.717) is 29.5 Å². The molecule has 0 atom stereocenters. The highest BCUT2D eigenvalue weighted by Gasteiger charge is 2.17. The van der Waals surface area contributed by atoms with Crippen LogP contribution in [0.2, 0.25) is 0 Å². The molecule has 1 aliphatic rings. The number of piperazine rings is 1. The molecular formula is C19H25N5O2. The highest BCUT2D eigenvalue weighted by molar-refractivity contribution is 5.96. The highest BCUT2D eigenvalue weighted by Crippen LogP contribution is 2.23. The molecule has 0 amide bonds. The van der Waals surface area contributed by atoms with E-state index in [9.17, 15) is 4.79 Å². The molecular weight excluding hydrogens is 330 g/mol. The smallest absolute Gasteiger partial charge is 0.340 e. The molecule has 0 unspecified atom stereocenters. The van der Waals surface area contributed by atoms with Crippen molar-refractivity contribution in [3.63, 3.8) is 0 Å². The third-order valence-corrected chi connectivity index (χ3v) is 4.34. The van der Waals surface area contributed by atoms with Crippen LogP contribution in [0, 0.1) is 6.92 Å². The first-order chi connectivity index (χ1) is 12.6. The predicted octanol–water partition coefficient (Wildman–Crippen LogP) is 2.46. The zero-order valence-electron chi connectivity index (χ0n) is 15.5. The van der Waals surface area contributed by atoms with Crippen molar-refractivity contribution in [2.75, 3.05) is 50.1 Å². The lowest BCUT2D eigenvalue weighted by Gasteiger charge is -2.33. The van der Waals surface area contributed by atoms with Crippen LogP contribution in [0.25, 0.3) is 0 Å². The number of nitrogens with one attached hydrogen (secondary N) is 1. The summed E-state index contributed by atoms with van der Waals surface area (Å²) in [6.07, 6.45) is 0. The summed E-state index contributed by atoms with van der Waals surface area (Å²) in [5.41, 5.74) is 1.17. The van der Waals surface area contributed by atoms with Crippen molar-refractivity contribution in [3.05, 3.63) is 41.7 Å². The van der Waals surface area contributed by atoms with Crippen LogP contribution in [-0.4, -0.2) is 60.7 Å². The topological polar surface area (TPSA) is 70.6 Å². The molecule has 7 heteroatoms. The average molecular weight is 355 g/mol. The number of carbonyl (C=O) groups is 1. The zero-order chi connectivity index (χ0) is 18.5. The van der Waals surface area contributed by atoms with Crippen LogP contribution in [0.15, 0.2) is 30.3 Å². The van der Waals surface area contributed by atoms with E-state index in [-0.39, 0.29) is 5.97 Å². The number of rotatable bonds is 5. The standard InChI is InChI=1S/C19H25N5O2/c1-4-26-19(25)15-7-5-6-8-16(15)22-17-13-18(21-14(2)20-17)24-11-9-23(3)10-12-24/h5-8,13H,4,9-12H2,1-3H3,(H,20,21,22). The Morgan fingerprint density at radius 2 is 1.92 bits per heavy atom. The molecule has 3 rings (SSSR count). The molecule has 138 valence electrons. The molecule has 0 radical (unpaired) electrons. The molecule has 0 saturated carbocycles. The van der Waals surface area contributed by atoms with Crippen LogP contribution >= 0.6 is 0 Å².